The van der Waals surface area contributed by atoms with Crippen molar-refractivity contribution >= 4 is 18.9 Å². The molecule has 1 fully saturated rings. The summed E-state index contributed by atoms with van der Waals surface area (Å²) < 4.78 is 36.7. The Bertz CT molecular complexity index is 335. The third kappa shape index (κ3) is 3.14. The smallest absolute Gasteiger partial charge is 0.448 e. The maximum atomic E-state index is 12.2. The maximum Gasteiger partial charge on any atom is 0.497 e. The number of urea groups is 1. The lowest BCUT2D eigenvalue weighted by Gasteiger charge is -2.23. The van der Waals surface area contributed by atoms with Crippen LogP contribution in [-0.2, 0) is 4.79 Å². The number of hydrogen-bond donors (Lipinski definition) is 1. The molecular weight excluding hydrogens is 236 g/mol. The van der Waals surface area contributed by atoms with Crippen LogP contribution >= 0.6 is 0 Å². The second kappa shape index (κ2) is 4.58. The van der Waals surface area contributed by atoms with E-state index >= 15 is 0 Å². The van der Waals surface area contributed by atoms with Crippen LogP contribution in [0.1, 0.15) is 33.1 Å². The van der Waals surface area contributed by atoms with E-state index in [0.29, 0.717) is 12.8 Å². The van der Waals surface area contributed by atoms with Crippen LogP contribution in [0.2, 0.25) is 0 Å². The number of carbonyl (C=O) groups is 2. The number of hydrogen-bond acceptors (Lipinski definition) is 2. The monoisotopic (exact) mass is 251 g/mol. The third-order valence-corrected chi connectivity index (χ3v) is 2.77. The summed E-state index contributed by atoms with van der Waals surface area (Å²) in [5, 5.41) is 2.33. The average molecular weight is 251 g/mol. The highest BCUT2D eigenvalue weighted by Crippen LogP contribution is 2.25. The van der Waals surface area contributed by atoms with Gasteiger partial charge in [0.1, 0.15) is 5.54 Å². The van der Waals surface area contributed by atoms with Crippen LogP contribution in [0.25, 0.3) is 0 Å². The Labute approximate surface area is 97.6 Å². The van der Waals surface area contributed by atoms with Gasteiger partial charge in [0.15, 0.2) is 0 Å². The number of imide groups is 1. The van der Waals surface area contributed by atoms with Crippen molar-refractivity contribution in [1.82, 2.24) is 10.2 Å². The Kier molecular flexibility index (Phi) is 3.73. The molecule has 1 atom stereocenters. The Hall–Kier alpha value is -1.21. The molecule has 0 aromatic rings. The molecule has 0 radical (unpaired) electrons. The molecule has 0 saturated carbocycles. The molecule has 4 nitrogen and oxygen atoms in total. The van der Waals surface area contributed by atoms with Crippen LogP contribution in [0.5, 0.6) is 0 Å². The first-order chi connectivity index (χ1) is 7.69. The van der Waals surface area contributed by atoms with Gasteiger partial charge in [0.05, 0.1) is 0 Å². The van der Waals surface area contributed by atoms with Gasteiger partial charge in [0.2, 0.25) is 0 Å². The van der Waals surface area contributed by atoms with Gasteiger partial charge in [-0.3, -0.25) is 9.69 Å². The SMILES string of the molecule is CCCCC1(C)NC(=O)N(C[B-](F)(F)F)C1=O. The molecule has 1 saturated heterocycles. The molecular formula is C9H15BF3N2O2-. The van der Waals surface area contributed by atoms with E-state index in [-0.39, 0.29) is 4.90 Å². The normalized spacial score (nSPS) is 25.4. The van der Waals surface area contributed by atoms with Crippen LogP contribution in [0, 0.1) is 0 Å². The predicted octanol–water partition coefficient (Wildman–Crippen LogP) is 1.87. The number of halogens is 3. The molecule has 0 aliphatic carbocycles. The van der Waals surface area contributed by atoms with Crippen LogP contribution in [0.3, 0.4) is 0 Å². The molecule has 1 aliphatic rings. The van der Waals surface area contributed by atoms with Gasteiger partial charge in [-0.05, 0) is 13.3 Å². The summed E-state index contributed by atoms with van der Waals surface area (Å²) in [6, 6.07) is -0.951. The number of nitrogens with zero attached hydrogens (tertiary/aromatic N) is 1. The zero-order chi connectivity index (χ0) is 13.3. The Morgan fingerprint density at radius 2 is 1.94 bits per heavy atom. The van der Waals surface area contributed by atoms with Crippen molar-refractivity contribution in [3.8, 4) is 0 Å². The van der Waals surface area contributed by atoms with Gasteiger partial charge >= 0.3 is 13.0 Å². The van der Waals surface area contributed by atoms with Gasteiger partial charge in [-0.2, -0.15) is 0 Å². The summed E-state index contributed by atoms with van der Waals surface area (Å²) >= 11 is 0. The van der Waals surface area contributed by atoms with Gasteiger partial charge in [-0.15, -0.1) is 0 Å². The Balaban J connectivity index is 2.78. The first-order valence-corrected chi connectivity index (χ1v) is 5.55. The molecule has 1 unspecified atom stereocenters. The highest BCUT2D eigenvalue weighted by molar-refractivity contribution is 6.59. The summed E-state index contributed by atoms with van der Waals surface area (Å²) in [4.78, 5) is 23.4. The fourth-order valence-electron chi connectivity index (χ4n) is 1.82. The lowest BCUT2D eigenvalue weighted by molar-refractivity contribution is -0.130. The van der Waals surface area contributed by atoms with Crippen LogP contribution in [0.4, 0.5) is 17.7 Å². The highest BCUT2D eigenvalue weighted by Gasteiger charge is 2.48. The van der Waals surface area contributed by atoms with Crippen molar-refractivity contribution in [2.75, 3.05) is 6.44 Å². The van der Waals surface area contributed by atoms with Crippen molar-refractivity contribution in [3.63, 3.8) is 0 Å². The minimum absolute atomic E-state index is 0.260. The fraction of sp³-hybridized carbons (Fsp3) is 0.778. The molecule has 1 aliphatic heterocycles. The maximum absolute atomic E-state index is 12.2. The van der Waals surface area contributed by atoms with E-state index in [2.05, 4.69) is 5.32 Å². The van der Waals surface area contributed by atoms with Gasteiger partial charge in [-0.1, -0.05) is 19.8 Å². The molecule has 3 amide bonds. The lowest BCUT2D eigenvalue weighted by Crippen LogP contribution is -2.45. The van der Waals surface area contributed by atoms with Crippen LogP contribution in [0.15, 0.2) is 0 Å². The molecule has 17 heavy (non-hydrogen) atoms. The van der Waals surface area contributed by atoms with Crippen molar-refractivity contribution in [2.24, 2.45) is 0 Å². The van der Waals surface area contributed by atoms with E-state index in [4.69, 9.17) is 0 Å². The van der Waals surface area contributed by atoms with Gasteiger partial charge in [0.25, 0.3) is 5.91 Å². The largest absolute Gasteiger partial charge is 0.497 e. The van der Waals surface area contributed by atoms with E-state index in [0.717, 1.165) is 6.42 Å². The predicted molar refractivity (Wildman–Crippen MR) is 57.3 cm³/mol. The molecule has 8 heteroatoms. The third-order valence-electron chi connectivity index (χ3n) is 2.77. The number of unbranched alkanes of at least 4 members (excludes halogenated alkanes) is 1. The second-order valence-electron chi connectivity index (χ2n) is 4.49. The van der Waals surface area contributed by atoms with Crippen LogP contribution in [-0.4, -0.2) is 35.8 Å². The second-order valence-corrected chi connectivity index (χ2v) is 4.49. The molecule has 0 spiro atoms. The summed E-state index contributed by atoms with van der Waals surface area (Å²) in [7, 11) is 0. The standard InChI is InChI=1S/C9H15BF3N2O2/c1-3-4-5-9(2)7(16)15(8(17)14-9)6-10(11,12)13/h3-6H2,1-2H3,(H,14,17)/q-1. The summed E-state index contributed by atoms with van der Waals surface area (Å²) in [5.41, 5.74) is -1.19. The van der Waals surface area contributed by atoms with E-state index in [9.17, 15) is 22.5 Å². The number of rotatable bonds is 5. The van der Waals surface area contributed by atoms with Crippen LogP contribution < -0.4 is 5.32 Å². The molecule has 0 aromatic heterocycles. The Morgan fingerprint density at radius 1 is 1.35 bits per heavy atom. The van der Waals surface area contributed by atoms with E-state index < -0.39 is 30.9 Å². The highest BCUT2D eigenvalue weighted by atomic mass is 19.4. The van der Waals surface area contributed by atoms with Gasteiger partial charge in [-0.25, -0.2) is 4.79 Å². The molecule has 0 bridgehead atoms. The van der Waals surface area contributed by atoms with Gasteiger partial charge < -0.3 is 18.3 Å². The fourth-order valence-corrected chi connectivity index (χ4v) is 1.82. The first-order valence-electron chi connectivity index (χ1n) is 5.55. The molecule has 1 heterocycles. The minimum atomic E-state index is -5.19. The van der Waals surface area contributed by atoms with E-state index in [1.807, 2.05) is 6.92 Å². The van der Waals surface area contributed by atoms with Gasteiger partial charge in [0, 0.05) is 6.44 Å². The number of carbonyl (C=O) groups excluding carboxylic acids is 2. The summed E-state index contributed by atoms with van der Waals surface area (Å²) in [6.45, 7) is -1.82. The lowest BCUT2D eigenvalue weighted by atomic mass is 9.89. The minimum Gasteiger partial charge on any atom is -0.448 e. The topological polar surface area (TPSA) is 49.4 Å². The summed E-state index contributed by atoms with van der Waals surface area (Å²) in [5.74, 6) is -0.782. The van der Waals surface area contributed by atoms with Crippen molar-refractivity contribution in [3.05, 3.63) is 0 Å². The van der Waals surface area contributed by atoms with Crippen molar-refractivity contribution < 1.29 is 22.5 Å². The van der Waals surface area contributed by atoms with E-state index in [1.165, 1.54) is 6.92 Å². The molecule has 0 aromatic carbocycles. The molecule has 1 N–H and O–H groups in total. The zero-order valence-corrected chi connectivity index (χ0v) is 9.80. The molecule has 98 valence electrons. The first kappa shape index (κ1) is 13.9. The number of nitrogens with one attached hydrogen (secondary N) is 1. The summed E-state index contributed by atoms with van der Waals surface area (Å²) in [6.07, 6.45) is 0.372. The van der Waals surface area contributed by atoms with Crippen molar-refractivity contribution in [2.45, 2.75) is 38.6 Å². The quantitative estimate of drug-likeness (QED) is 0.599. The average Bonchev–Trinajstić information content (AvgIpc) is 2.38. The van der Waals surface area contributed by atoms with E-state index in [1.54, 1.807) is 0 Å². The Morgan fingerprint density at radius 3 is 2.41 bits per heavy atom. The zero-order valence-electron chi connectivity index (χ0n) is 9.80. The number of amides is 3. The van der Waals surface area contributed by atoms with Crippen molar-refractivity contribution in [1.29, 1.82) is 0 Å². The molecule has 1 rings (SSSR count).